The fraction of sp³-hybridized carbons (Fsp3) is 0.368. The van der Waals surface area contributed by atoms with Crippen molar-refractivity contribution in [3.8, 4) is 11.1 Å². The molecule has 1 fully saturated rings. The summed E-state index contributed by atoms with van der Waals surface area (Å²) in [4.78, 5) is 13.5. The van der Waals surface area contributed by atoms with Gasteiger partial charge in [-0.25, -0.2) is 0 Å². The normalized spacial score (nSPS) is 17.6. The number of fused-ring (bicyclic) bond motifs is 1. The van der Waals surface area contributed by atoms with Crippen molar-refractivity contribution < 1.29 is 9.32 Å². The summed E-state index contributed by atoms with van der Waals surface area (Å²) >= 11 is 6.73. The number of carbonyl (C=O) groups is 1. The molecular formula is C19H20ClN3O2. The van der Waals surface area contributed by atoms with E-state index >= 15 is 0 Å². The lowest BCUT2D eigenvalue weighted by Crippen LogP contribution is -2.26. The Morgan fingerprint density at radius 3 is 2.76 bits per heavy atom. The fourth-order valence-corrected chi connectivity index (χ4v) is 4.15. The first kappa shape index (κ1) is 16.2. The maximum absolute atomic E-state index is 11.6. The minimum atomic E-state index is 0.137. The lowest BCUT2D eigenvalue weighted by molar-refractivity contribution is -0.127. The molecule has 1 aliphatic rings. The van der Waals surface area contributed by atoms with Crippen molar-refractivity contribution >= 4 is 28.4 Å². The average Bonchev–Trinajstić information content (AvgIpc) is 3.27. The second-order valence-corrected chi connectivity index (χ2v) is 7.07. The number of halogens is 1. The van der Waals surface area contributed by atoms with Crippen molar-refractivity contribution in [2.45, 2.75) is 33.2 Å². The molecule has 3 heterocycles. The smallest absolute Gasteiger partial charge is 0.219 e. The molecule has 1 amide bonds. The molecule has 1 unspecified atom stereocenters. The van der Waals surface area contributed by atoms with Gasteiger partial charge in [0.2, 0.25) is 5.91 Å². The Kier molecular flexibility index (Phi) is 3.84. The predicted molar refractivity (Wildman–Crippen MR) is 97.8 cm³/mol. The quantitative estimate of drug-likeness (QED) is 0.684. The molecule has 1 aromatic carbocycles. The third-order valence-corrected chi connectivity index (χ3v) is 5.55. The maximum atomic E-state index is 11.6. The molecule has 25 heavy (non-hydrogen) atoms. The minimum Gasteiger partial charge on any atom is -0.361 e. The van der Waals surface area contributed by atoms with Gasteiger partial charge >= 0.3 is 0 Å². The van der Waals surface area contributed by atoms with Crippen molar-refractivity contribution in [1.29, 1.82) is 0 Å². The Hall–Kier alpha value is -2.27. The molecule has 0 aliphatic carbocycles. The number of rotatable bonds is 2. The summed E-state index contributed by atoms with van der Waals surface area (Å²) in [7, 11) is 0. The van der Waals surface area contributed by atoms with Crippen LogP contribution < -0.4 is 0 Å². The maximum Gasteiger partial charge on any atom is 0.219 e. The van der Waals surface area contributed by atoms with E-state index in [1.165, 1.54) is 0 Å². The first-order valence-electron chi connectivity index (χ1n) is 8.45. The topological polar surface area (TPSA) is 51.3 Å². The molecule has 0 saturated carbocycles. The second-order valence-electron chi connectivity index (χ2n) is 6.69. The van der Waals surface area contributed by atoms with Crippen LogP contribution in [-0.2, 0) is 4.79 Å². The zero-order valence-electron chi connectivity index (χ0n) is 14.5. The summed E-state index contributed by atoms with van der Waals surface area (Å²) in [5.41, 5.74) is 3.84. The summed E-state index contributed by atoms with van der Waals surface area (Å²) in [5, 5.41) is 5.76. The molecule has 2 aromatic heterocycles. The van der Waals surface area contributed by atoms with Gasteiger partial charge in [-0.2, -0.15) is 0 Å². The van der Waals surface area contributed by atoms with Crippen LogP contribution in [0.1, 0.15) is 30.8 Å². The molecule has 6 heteroatoms. The fourth-order valence-electron chi connectivity index (χ4n) is 3.84. The van der Waals surface area contributed by atoms with E-state index in [9.17, 15) is 4.79 Å². The van der Waals surface area contributed by atoms with Crippen molar-refractivity contribution in [3.63, 3.8) is 0 Å². The zero-order valence-corrected chi connectivity index (χ0v) is 15.3. The van der Waals surface area contributed by atoms with Crippen LogP contribution in [0, 0.1) is 13.8 Å². The van der Waals surface area contributed by atoms with Gasteiger partial charge in [0.05, 0.1) is 16.8 Å². The number of hydrogen-bond donors (Lipinski definition) is 0. The highest BCUT2D eigenvalue weighted by Gasteiger charge is 2.26. The van der Waals surface area contributed by atoms with Gasteiger partial charge in [-0.3, -0.25) is 4.79 Å². The first-order valence-corrected chi connectivity index (χ1v) is 8.83. The molecule has 1 atom stereocenters. The number of likely N-dealkylation sites (tertiary alicyclic amines) is 1. The van der Waals surface area contributed by atoms with Crippen molar-refractivity contribution in [2.75, 3.05) is 13.1 Å². The summed E-state index contributed by atoms with van der Waals surface area (Å²) in [6, 6.07) is 6.47. The summed E-state index contributed by atoms with van der Waals surface area (Å²) in [6.45, 7) is 7.01. The SMILES string of the molecule is CC(=O)N1CCC(n2ccc3c(Cl)c(-c4c(C)noc4C)ccc32)C1. The Balaban J connectivity index is 1.77. The Morgan fingerprint density at radius 2 is 2.12 bits per heavy atom. The van der Waals surface area contributed by atoms with Crippen LogP contribution in [0.4, 0.5) is 0 Å². The van der Waals surface area contributed by atoms with E-state index in [1.54, 1.807) is 6.92 Å². The lowest BCUT2D eigenvalue weighted by Gasteiger charge is -2.16. The largest absolute Gasteiger partial charge is 0.361 e. The van der Waals surface area contributed by atoms with Crippen LogP contribution >= 0.6 is 11.6 Å². The number of hydrogen-bond acceptors (Lipinski definition) is 3. The van der Waals surface area contributed by atoms with E-state index in [0.717, 1.165) is 53.0 Å². The van der Waals surface area contributed by atoms with Crippen LogP contribution in [0.25, 0.3) is 22.0 Å². The third kappa shape index (κ3) is 2.54. The Labute approximate surface area is 151 Å². The molecule has 0 bridgehead atoms. The van der Waals surface area contributed by atoms with Gasteiger partial charge in [0, 0.05) is 48.2 Å². The predicted octanol–water partition coefficient (Wildman–Crippen LogP) is 4.36. The van der Waals surface area contributed by atoms with Gasteiger partial charge in [0.15, 0.2) is 0 Å². The molecule has 4 rings (SSSR count). The number of aromatic nitrogens is 2. The van der Waals surface area contributed by atoms with Crippen LogP contribution in [0.15, 0.2) is 28.9 Å². The molecule has 5 nitrogen and oxygen atoms in total. The molecule has 1 aliphatic heterocycles. The molecule has 1 saturated heterocycles. The Bertz CT molecular complexity index is 953. The van der Waals surface area contributed by atoms with Crippen molar-refractivity contribution in [3.05, 3.63) is 40.9 Å². The summed E-state index contributed by atoms with van der Waals surface area (Å²) in [6.07, 6.45) is 3.04. The van der Waals surface area contributed by atoms with Crippen molar-refractivity contribution in [2.24, 2.45) is 0 Å². The molecule has 130 valence electrons. The highest BCUT2D eigenvalue weighted by molar-refractivity contribution is 6.38. The van der Waals surface area contributed by atoms with E-state index in [4.69, 9.17) is 16.1 Å². The van der Waals surface area contributed by atoms with E-state index in [2.05, 4.69) is 28.1 Å². The zero-order chi connectivity index (χ0) is 17.7. The highest BCUT2D eigenvalue weighted by Crippen LogP contribution is 2.39. The number of nitrogens with zero attached hydrogens (tertiary/aromatic N) is 3. The van der Waals surface area contributed by atoms with E-state index in [1.807, 2.05) is 24.8 Å². The van der Waals surface area contributed by atoms with E-state index in [0.29, 0.717) is 11.1 Å². The van der Waals surface area contributed by atoms with Gasteiger partial charge in [-0.1, -0.05) is 22.8 Å². The van der Waals surface area contributed by atoms with Crippen molar-refractivity contribution in [1.82, 2.24) is 14.6 Å². The number of aryl methyl sites for hydroxylation is 2. The summed E-state index contributed by atoms with van der Waals surface area (Å²) in [5.74, 6) is 0.906. The van der Waals surface area contributed by atoms with Gasteiger partial charge < -0.3 is 14.0 Å². The van der Waals surface area contributed by atoms with Crippen LogP contribution in [0.2, 0.25) is 5.02 Å². The van der Waals surface area contributed by atoms with E-state index < -0.39 is 0 Å². The van der Waals surface area contributed by atoms with E-state index in [-0.39, 0.29) is 5.91 Å². The molecule has 0 spiro atoms. The van der Waals surface area contributed by atoms with Gasteiger partial charge in [-0.05, 0) is 32.4 Å². The monoisotopic (exact) mass is 357 g/mol. The number of amides is 1. The number of carbonyl (C=O) groups excluding carboxylic acids is 1. The molecule has 0 N–H and O–H groups in total. The molecule has 3 aromatic rings. The molecular weight excluding hydrogens is 338 g/mol. The molecule has 0 radical (unpaired) electrons. The van der Waals surface area contributed by atoms with Crippen LogP contribution in [0.5, 0.6) is 0 Å². The number of benzene rings is 1. The standard InChI is InChI=1S/C19H20ClN3O2/c1-11-18(12(2)25-21-11)16-4-5-17-15(19(16)20)7-9-23(17)14-6-8-22(10-14)13(3)24/h4-5,7,9,14H,6,8,10H2,1-3H3. The summed E-state index contributed by atoms with van der Waals surface area (Å²) < 4.78 is 7.52. The van der Waals surface area contributed by atoms with Crippen LogP contribution in [0.3, 0.4) is 0 Å². The Morgan fingerprint density at radius 1 is 1.32 bits per heavy atom. The second kappa shape index (κ2) is 5.92. The van der Waals surface area contributed by atoms with Gasteiger partial charge in [0.1, 0.15) is 5.76 Å². The highest BCUT2D eigenvalue weighted by atomic mass is 35.5. The first-order chi connectivity index (χ1) is 12.0. The van der Waals surface area contributed by atoms with Gasteiger partial charge in [-0.15, -0.1) is 0 Å². The van der Waals surface area contributed by atoms with Crippen LogP contribution in [-0.4, -0.2) is 33.6 Å². The average molecular weight is 358 g/mol. The third-order valence-electron chi connectivity index (χ3n) is 5.14. The minimum absolute atomic E-state index is 0.137. The lowest BCUT2D eigenvalue weighted by atomic mass is 10.0. The van der Waals surface area contributed by atoms with Gasteiger partial charge in [0.25, 0.3) is 0 Å².